The lowest BCUT2D eigenvalue weighted by Crippen LogP contribution is -2.26. The Labute approximate surface area is 109 Å². The van der Waals surface area contributed by atoms with Crippen LogP contribution in [0.5, 0.6) is 5.75 Å². The van der Waals surface area contributed by atoms with Gasteiger partial charge in [-0.1, -0.05) is 13.0 Å². The van der Waals surface area contributed by atoms with E-state index in [2.05, 4.69) is 24.2 Å². The summed E-state index contributed by atoms with van der Waals surface area (Å²) in [6.07, 6.45) is 0.845. The summed E-state index contributed by atoms with van der Waals surface area (Å²) in [5.41, 5.74) is 0.618. The zero-order valence-electron chi connectivity index (χ0n) is 11.7. The van der Waals surface area contributed by atoms with Gasteiger partial charge in [0.1, 0.15) is 11.6 Å². The molecule has 0 saturated carbocycles. The van der Waals surface area contributed by atoms with E-state index in [4.69, 9.17) is 4.74 Å². The fraction of sp³-hybridized carbons (Fsp3) is 0.571. The summed E-state index contributed by atoms with van der Waals surface area (Å²) in [6.45, 7) is 4.02. The van der Waals surface area contributed by atoms with Crippen LogP contribution >= 0.6 is 0 Å². The monoisotopic (exact) mass is 254 g/mol. The number of halogens is 1. The Kier molecular flexibility index (Phi) is 6.09. The van der Waals surface area contributed by atoms with Gasteiger partial charge in [0.05, 0.1) is 7.11 Å². The molecule has 0 radical (unpaired) electrons. The van der Waals surface area contributed by atoms with Gasteiger partial charge in [-0.15, -0.1) is 0 Å². The van der Waals surface area contributed by atoms with Gasteiger partial charge in [-0.25, -0.2) is 4.39 Å². The Balaban J connectivity index is 2.87. The number of rotatable bonds is 7. The fourth-order valence-electron chi connectivity index (χ4n) is 1.97. The first-order valence-electron chi connectivity index (χ1n) is 6.32. The van der Waals surface area contributed by atoms with E-state index in [1.807, 2.05) is 7.05 Å². The molecule has 0 aliphatic rings. The lowest BCUT2D eigenvalue weighted by atomic mass is 10.0. The van der Waals surface area contributed by atoms with Crippen molar-refractivity contribution in [1.82, 2.24) is 10.2 Å². The molecule has 1 aromatic rings. The molecule has 102 valence electrons. The Hall–Kier alpha value is -1.13. The summed E-state index contributed by atoms with van der Waals surface area (Å²) >= 11 is 0. The zero-order valence-corrected chi connectivity index (χ0v) is 11.7. The van der Waals surface area contributed by atoms with Crippen LogP contribution in [0.25, 0.3) is 0 Å². The molecule has 0 spiro atoms. The van der Waals surface area contributed by atoms with Gasteiger partial charge in [-0.05, 0) is 45.7 Å². The lowest BCUT2D eigenvalue weighted by molar-refractivity contribution is 0.318. The van der Waals surface area contributed by atoms with Gasteiger partial charge in [-0.2, -0.15) is 0 Å². The molecule has 1 aromatic carbocycles. The second kappa shape index (κ2) is 7.34. The van der Waals surface area contributed by atoms with Crippen molar-refractivity contribution in [1.29, 1.82) is 0 Å². The van der Waals surface area contributed by atoms with Crippen molar-refractivity contribution in [3.8, 4) is 5.75 Å². The third-order valence-corrected chi connectivity index (χ3v) is 3.27. The largest absolute Gasteiger partial charge is 0.496 e. The van der Waals surface area contributed by atoms with Gasteiger partial charge >= 0.3 is 0 Å². The van der Waals surface area contributed by atoms with Crippen LogP contribution in [-0.4, -0.2) is 39.2 Å². The predicted octanol–water partition coefficient (Wildman–Crippen LogP) is 2.44. The van der Waals surface area contributed by atoms with Gasteiger partial charge in [0.15, 0.2) is 0 Å². The predicted molar refractivity (Wildman–Crippen MR) is 72.5 cm³/mol. The second-order valence-corrected chi connectivity index (χ2v) is 4.38. The third kappa shape index (κ3) is 3.68. The summed E-state index contributed by atoms with van der Waals surface area (Å²) in [5, 5.41) is 3.17. The van der Waals surface area contributed by atoms with E-state index in [0.717, 1.165) is 19.5 Å². The molecule has 3 nitrogen and oxygen atoms in total. The Morgan fingerprint density at radius 2 is 2.17 bits per heavy atom. The molecule has 0 amide bonds. The molecule has 1 rings (SSSR count). The van der Waals surface area contributed by atoms with Crippen LogP contribution in [0.1, 0.15) is 24.9 Å². The van der Waals surface area contributed by atoms with E-state index < -0.39 is 0 Å². The van der Waals surface area contributed by atoms with Crippen LogP contribution in [0.3, 0.4) is 0 Å². The summed E-state index contributed by atoms with van der Waals surface area (Å²) in [6, 6.07) is 4.91. The molecule has 0 heterocycles. The van der Waals surface area contributed by atoms with Crippen LogP contribution < -0.4 is 10.1 Å². The molecule has 18 heavy (non-hydrogen) atoms. The fourth-order valence-corrected chi connectivity index (χ4v) is 1.97. The highest BCUT2D eigenvalue weighted by molar-refractivity contribution is 5.37. The first kappa shape index (κ1) is 14.9. The van der Waals surface area contributed by atoms with Crippen LogP contribution in [0, 0.1) is 5.82 Å². The van der Waals surface area contributed by atoms with E-state index in [9.17, 15) is 4.39 Å². The normalized spacial score (nSPS) is 12.8. The maximum atomic E-state index is 13.9. The van der Waals surface area contributed by atoms with Crippen molar-refractivity contribution in [3.63, 3.8) is 0 Å². The zero-order chi connectivity index (χ0) is 13.5. The highest BCUT2D eigenvalue weighted by Crippen LogP contribution is 2.29. The van der Waals surface area contributed by atoms with E-state index >= 15 is 0 Å². The van der Waals surface area contributed by atoms with Gasteiger partial charge in [0.2, 0.25) is 0 Å². The number of ether oxygens (including phenoxy) is 1. The molecule has 0 aromatic heterocycles. The smallest absolute Gasteiger partial charge is 0.131 e. The molecule has 4 heteroatoms. The summed E-state index contributed by atoms with van der Waals surface area (Å²) in [7, 11) is 5.48. The van der Waals surface area contributed by atoms with Crippen molar-refractivity contribution in [2.24, 2.45) is 0 Å². The van der Waals surface area contributed by atoms with Crippen LogP contribution in [-0.2, 0) is 0 Å². The Morgan fingerprint density at radius 1 is 1.44 bits per heavy atom. The number of hydrogen-bond donors (Lipinski definition) is 1. The van der Waals surface area contributed by atoms with Crippen LogP contribution in [0.15, 0.2) is 18.2 Å². The van der Waals surface area contributed by atoms with Gasteiger partial charge in [0, 0.05) is 11.6 Å². The molecule has 0 aliphatic heterocycles. The quantitative estimate of drug-likeness (QED) is 0.809. The third-order valence-electron chi connectivity index (χ3n) is 3.27. The summed E-state index contributed by atoms with van der Waals surface area (Å²) < 4.78 is 19.2. The highest BCUT2D eigenvalue weighted by Gasteiger charge is 2.19. The lowest BCUT2D eigenvalue weighted by Gasteiger charge is -2.22. The minimum Gasteiger partial charge on any atom is -0.496 e. The second-order valence-electron chi connectivity index (χ2n) is 4.38. The van der Waals surface area contributed by atoms with Crippen molar-refractivity contribution in [2.45, 2.75) is 19.4 Å². The van der Waals surface area contributed by atoms with E-state index in [0.29, 0.717) is 11.3 Å². The first-order valence-corrected chi connectivity index (χ1v) is 6.32. The number of hydrogen-bond acceptors (Lipinski definition) is 3. The van der Waals surface area contributed by atoms with E-state index in [-0.39, 0.29) is 11.9 Å². The Bertz CT molecular complexity index is 371. The molecule has 0 aliphatic carbocycles. The maximum Gasteiger partial charge on any atom is 0.131 e. The van der Waals surface area contributed by atoms with Crippen molar-refractivity contribution in [2.75, 3.05) is 34.3 Å². The average Bonchev–Trinajstić information content (AvgIpc) is 2.40. The molecule has 1 atom stereocenters. The molecule has 0 saturated heterocycles. The van der Waals surface area contributed by atoms with Gasteiger partial charge < -0.3 is 15.0 Å². The SMILES string of the molecule is CCN(C)CCC(NC)c1c(F)cccc1OC. The summed E-state index contributed by atoms with van der Waals surface area (Å²) in [5.74, 6) is 0.390. The molecule has 1 N–H and O–H groups in total. The molecular formula is C14H23FN2O. The highest BCUT2D eigenvalue weighted by atomic mass is 19.1. The van der Waals surface area contributed by atoms with Crippen molar-refractivity contribution in [3.05, 3.63) is 29.6 Å². The number of nitrogens with one attached hydrogen (secondary N) is 1. The van der Waals surface area contributed by atoms with Crippen LogP contribution in [0.2, 0.25) is 0 Å². The van der Waals surface area contributed by atoms with Crippen LogP contribution in [0.4, 0.5) is 4.39 Å². The van der Waals surface area contributed by atoms with E-state index in [1.165, 1.54) is 6.07 Å². The molecule has 0 bridgehead atoms. The molecular weight excluding hydrogens is 231 g/mol. The molecule has 1 unspecified atom stereocenters. The number of nitrogens with zero attached hydrogens (tertiary/aromatic N) is 1. The minimum absolute atomic E-state index is 0.0323. The van der Waals surface area contributed by atoms with Crippen molar-refractivity contribution < 1.29 is 9.13 Å². The minimum atomic E-state index is -0.215. The topological polar surface area (TPSA) is 24.5 Å². The number of benzene rings is 1. The van der Waals surface area contributed by atoms with Crippen molar-refractivity contribution >= 4 is 0 Å². The van der Waals surface area contributed by atoms with Gasteiger partial charge in [-0.3, -0.25) is 0 Å². The Morgan fingerprint density at radius 3 is 2.72 bits per heavy atom. The van der Waals surface area contributed by atoms with Gasteiger partial charge in [0.25, 0.3) is 0 Å². The number of methoxy groups -OCH3 is 1. The average molecular weight is 254 g/mol. The maximum absolute atomic E-state index is 13.9. The first-order chi connectivity index (χ1) is 8.63. The van der Waals surface area contributed by atoms with E-state index in [1.54, 1.807) is 19.2 Å². The summed E-state index contributed by atoms with van der Waals surface area (Å²) in [4.78, 5) is 2.21. The standard InChI is InChI=1S/C14H23FN2O/c1-5-17(3)10-9-12(16-2)14-11(15)7-6-8-13(14)18-4/h6-8,12,16H,5,9-10H2,1-4H3. The molecule has 0 fully saturated rings.